The average molecular weight is 1180 g/mol. The summed E-state index contributed by atoms with van der Waals surface area (Å²) in [6.07, 6.45) is 0. The van der Waals surface area contributed by atoms with Gasteiger partial charge in [-0.2, -0.15) is 10.5 Å². The molecular formula is C87H50N6. The molecule has 4 heterocycles. The maximum Gasteiger partial charge on any atom is 0.0991 e. The summed E-state index contributed by atoms with van der Waals surface area (Å²) in [5.74, 6) is 0. The smallest absolute Gasteiger partial charge is 0.0991 e. The molecular weight excluding hydrogens is 1130 g/mol. The van der Waals surface area contributed by atoms with Crippen LogP contribution in [0.5, 0.6) is 0 Å². The average Bonchev–Trinajstić information content (AvgIpc) is 1.51. The van der Waals surface area contributed by atoms with Crippen molar-refractivity contribution in [3.05, 3.63) is 337 Å². The van der Waals surface area contributed by atoms with E-state index in [2.05, 4.69) is 285 Å². The number of nitrogens with zero attached hydrogens (tertiary/aromatic N) is 6. The maximum atomic E-state index is 9.58. The third kappa shape index (κ3) is 7.04. The van der Waals surface area contributed by atoms with Gasteiger partial charge in [-0.3, -0.25) is 0 Å². The van der Waals surface area contributed by atoms with Crippen LogP contribution in [0.3, 0.4) is 0 Å². The number of fused-ring (bicyclic) bond motifs is 22. The molecule has 93 heavy (non-hydrogen) atoms. The van der Waals surface area contributed by atoms with Crippen molar-refractivity contribution in [1.82, 2.24) is 18.3 Å². The molecule has 0 radical (unpaired) electrons. The van der Waals surface area contributed by atoms with Crippen LogP contribution in [0.2, 0.25) is 0 Å². The molecule has 14 aromatic carbocycles. The highest BCUT2D eigenvalue weighted by Crippen LogP contribution is 2.63. The van der Waals surface area contributed by atoms with E-state index in [1.807, 2.05) is 48.5 Å². The van der Waals surface area contributed by atoms with E-state index < -0.39 is 5.41 Å². The van der Waals surface area contributed by atoms with Gasteiger partial charge in [0.05, 0.1) is 72.8 Å². The topological polar surface area (TPSA) is 67.3 Å². The predicted molar refractivity (Wildman–Crippen MR) is 380 cm³/mol. The molecule has 0 unspecified atom stereocenters. The zero-order valence-electron chi connectivity index (χ0n) is 50.1. The minimum Gasteiger partial charge on any atom is -0.309 e. The van der Waals surface area contributed by atoms with E-state index in [9.17, 15) is 10.5 Å². The van der Waals surface area contributed by atoms with Gasteiger partial charge in [0.2, 0.25) is 0 Å². The molecule has 0 fully saturated rings. The van der Waals surface area contributed by atoms with Crippen molar-refractivity contribution >= 4 is 87.2 Å². The monoisotopic (exact) mass is 1180 g/mol. The Labute approximate surface area is 534 Å². The first-order valence-corrected chi connectivity index (χ1v) is 31.7. The second-order valence-electron chi connectivity index (χ2n) is 25.0. The van der Waals surface area contributed by atoms with Gasteiger partial charge in [0, 0.05) is 65.8 Å². The number of aromatic nitrogens is 4. The predicted octanol–water partition coefficient (Wildman–Crippen LogP) is 21.5. The quantitative estimate of drug-likeness (QED) is 0.166. The summed E-state index contributed by atoms with van der Waals surface area (Å²) < 4.78 is 9.58. The van der Waals surface area contributed by atoms with Gasteiger partial charge in [0.15, 0.2) is 0 Å². The minimum absolute atomic E-state index is 0.620. The number of hydrogen-bond donors (Lipinski definition) is 0. The third-order valence-electron chi connectivity index (χ3n) is 20.4. The molecule has 0 atom stereocenters. The number of rotatable bonds is 6. The second kappa shape index (κ2) is 19.1. The summed E-state index contributed by atoms with van der Waals surface area (Å²) in [4.78, 5) is 0. The Morgan fingerprint density at radius 2 is 0.484 bits per heavy atom. The van der Waals surface area contributed by atoms with Crippen LogP contribution < -0.4 is 0 Å². The fourth-order valence-electron chi connectivity index (χ4n) is 16.5. The van der Waals surface area contributed by atoms with Crippen LogP contribution in [0.15, 0.2) is 303 Å². The lowest BCUT2D eigenvalue weighted by Gasteiger charge is -2.31. The van der Waals surface area contributed by atoms with Crippen molar-refractivity contribution < 1.29 is 0 Å². The lowest BCUT2D eigenvalue weighted by molar-refractivity contribution is 0.791. The second-order valence-corrected chi connectivity index (χ2v) is 25.0. The van der Waals surface area contributed by atoms with E-state index in [4.69, 9.17) is 0 Å². The molecule has 0 bridgehead atoms. The molecule has 6 heteroatoms. The molecule has 2 aliphatic rings. The third-order valence-corrected chi connectivity index (χ3v) is 20.4. The van der Waals surface area contributed by atoms with Crippen molar-refractivity contribution in [1.29, 1.82) is 10.5 Å². The van der Waals surface area contributed by atoms with Gasteiger partial charge in [0.1, 0.15) is 0 Å². The Bertz CT molecular complexity index is 6000. The van der Waals surface area contributed by atoms with E-state index in [1.165, 1.54) is 87.6 Å². The fraction of sp³-hybridized carbons (Fsp3) is 0.0115. The molecule has 0 N–H and O–H groups in total. The summed E-state index contributed by atoms with van der Waals surface area (Å²) in [7, 11) is 0. The zero-order valence-corrected chi connectivity index (χ0v) is 50.1. The molecule has 20 rings (SSSR count). The summed E-state index contributed by atoms with van der Waals surface area (Å²) in [6.45, 7) is 0. The molecule has 0 saturated carbocycles. The first-order valence-electron chi connectivity index (χ1n) is 31.7. The van der Waals surface area contributed by atoms with E-state index >= 15 is 0 Å². The SMILES string of the molecule is N#Cc1ccc(-n2c3ccccc3c3cc(-c4ccc5c(c4)c4ccccc4n5-c4ccc5c(c4)C4(c6ccccc6-c6ccccc64)c4cc(-n6c7ccccc7c7cc(-c8ccc9c(c8)c8ccccc8n9-c8ccc(C#N)cc8)ccc76)ccc4-5)ccc32)cc1. The van der Waals surface area contributed by atoms with Crippen LogP contribution in [-0.2, 0) is 5.41 Å². The number of para-hydroxylation sites is 4. The summed E-state index contributed by atoms with van der Waals surface area (Å²) in [5, 5.41) is 28.7. The van der Waals surface area contributed by atoms with Crippen molar-refractivity contribution in [3.8, 4) is 79.4 Å². The van der Waals surface area contributed by atoms with Gasteiger partial charge in [-0.15, -0.1) is 0 Å². The van der Waals surface area contributed by atoms with Crippen LogP contribution in [-0.4, -0.2) is 18.3 Å². The van der Waals surface area contributed by atoms with E-state index in [-0.39, 0.29) is 0 Å². The van der Waals surface area contributed by atoms with Crippen molar-refractivity contribution in [2.24, 2.45) is 0 Å². The Morgan fingerprint density at radius 3 is 0.817 bits per heavy atom. The molecule has 0 saturated heterocycles. The fourth-order valence-corrected chi connectivity index (χ4v) is 16.5. The minimum atomic E-state index is -0.620. The zero-order chi connectivity index (χ0) is 61.2. The van der Waals surface area contributed by atoms with Gasteiger partial charge in [-0.25, -0.2) is 0 Å². The standard InChI is InChI=1S/C87H50N6/c88-51-53-25-33-59(34-26-53)90-79-21-9-3-15-67(79)71-45-55(29-41-83(71)90)57-31-43-85-73(47-57)69-17-5-11-23-81(69)92(85)61-37-39-65-66-40-38-62(50-78(66)87(77(65)49-61)75-19-7-1-13-63(75)64-14-2-8-20-76(64)87)93-82-24-12-6-18-70(82)74-48-58(32-44-86(74)93)56-30-42-84-72(46-56)68-16-4-10-22-80(68)91(84)60-35-27-54(52-89)28-36-60/h1-50H. The van der Waals surface area contributed by atoms with Gasteiger partial charge >= 0.3 is 0 Å². The van der Waals surface area contributed by atoms with Crippen LogP contribution in [0.25, 0.3) is 154 Å². The molecule has 428 valence electrons. The largest absolute Gasteiger partial charge is 0.309 e. The Kier molecular flexibility index (Phi) is 10.5. The normalized spacial score (nSPS) is 12.8. The van der Waals surface area contributed by atoms with Crippen molar-refractivity contribution in [2.45, 2.75) is 5.41 Å². The van der Waals surface area contributed by atoms with E-state index in [1.54, 1.807) is 0 Å². The highest BCUT2D eigenvalue weighted by molar-refractivity contribution is 6.15. The van der Waals surface area contributed by atoms with Gasteiger partial charge in [0.25, 0.3) is 0 Å². The van der Waals surface area contributed by atoms with Crippen LogP contribution in [0, 0.1) is 22.7 Å². The highest BCUT2D eigenvalue weighted by atomic mass is 15.0. The van der Waals surface area contributed by atoms with E-state index in [0.29, 0.717) is 11.1 Å². The van der Waals surface area contributed by atoms with Crippen LogP contribution >= 0.6 is 0 Å². The molecule has 1 spiro atoms. The van der Waals surface area contributed by atoms with Gasteiger partial charge < -0.3 is 18.3 Å². The van der Waals surface area contributed by atoms with Gasteiger partial charge in [-0.05, 0) is 212 Å². The van der Waals surface area contributed by atoms with Crippen molar-refractivity contribution in [2.75, 3.05) is 0 Å². The molecule has 2 aliphatic carbocycles. The first kappa shape index (κ1) is 51.2. The lowest BCUT2D eigenvalue weighted by atomic mass is 9.70. The Morgan fingerprint density at radius 1 is 0.215 bits per heavy atom. The van der Waals surface area contributed by atoms with E-state index in [0.717, 1.165) is 89.1 Å². The summed E-state index contributed by atoms with van der Waals surface area (Å²) >= 11 is 0. The van der Waals surface area contributed by atoms with Crippen LogP contribution in [0.1, 0.15) is 33.4 Å². The van der Waals surface area contributed by atoms with Crippen LogP contribution in [0.4, 0.5) is 0 Å². The van der Waals surface area contributed by atoms with Crippen molar-refractivity contribution in [3.63, 3.8) is 0 Å². The molecule has 4 aromatic heterocycles. The Balaban J connectivity index is 0.731. The molecule has 0 aliphatic heterocycles. The molecule has 0 amide bonds. The molecule has 6 nitrogen and oxygen atoms in total. The number of nitriles is 2. The summed E-state index contributed by atoms with van der Waals surface area (Å²) in [6, 6.07) is 116. The summed E-state index contributed by atoms with van der Waals surface area (Å²) in [5.41, 5.74) is 28.9. The van der Waals surface area contributed by atoms with Gasteiger partial charge in [-0.1, -0.05) is 158 Å². The molecule has 18 aromatic rings. The number of benzene rings is 14. The Hall–Kier alpha value is -12.7. The first-order chi connectivity index (χ1) is 46.0. The highest BCUT2D eigenvalue weighted by Gasteiger charge is 2.52. The maximum absolute atomic E-state index is 9.58. The lowest BCUT2D eigenvalue weighted by Crippen LogP contribution is -2.26. The number of hydrogen-bond acceptors (Lipinski definition) is 2.